The van der Waals surface area contributed by atoms with Crippen LogP contribution in [0.15, 0.2) is 23.1 Å². The van der Waals surface area contributed by atoms with Gasteiger partial charge in [-0.2, -0.15) is 0 Å². The molecule has 1 aliphatic carbocycles. The van der Waals surface area contributed by atoms with E-state index in [2.05, 4.69) is 10.1 Å². The van der Waals surface area contributed by atoms with Crippen molar-refractivity contribution >= 4 is 27.4 Å². The standard InChI is InChI=1S/C13H13NO5S/c1-19-11(15)8-2-3-10-9(6-8)14-12(16)13(4-5-13)7-20(10,17)18/h2-3,6H,4-5,7H2,1H3,(H,14,16). The third kappa shape index (κ3) is 1.89. The molecular formula is C13H13NO5S. The van der Waals surface area contributed by atoms with E-state index in [1.807, 2.05) is 0 Å². The molecule has 0 atom stereocenters. The summed E-state index contributed by atoms with van der Waals surface area (Å²) in [5.41, 5.74) is -0.432. The lowest BCUT2D eigenvalue weighted by Gasteiger charge is -2.08. The fourth-order valence-electron chi connectivity index (χ4n) is 2.43. The normalized spacial score (nSPS) is 21.6. The van der Waals surface area contributed by atoms with Crippen LogP contribution in [0.3, 0.4) is 0 Å². The summed E-state index contributed by atoms with van der Waals surface area (Å²) in [6, 6.07) is 4.08. The quantitative estimate of drug-likeness (QED) is 0.780. The molecule has 1 aromatic carbocycles. The van der Waals surface area contributed by atoms with Crippen molar-refractivity contribution in [2.24, 2.45) is 5.41 Å². The Morgan fingerprint density at radius 1 is 1.35 bits per heavy atom. The van der Waals surface area contributed by atoms with Crippen molar-refractivity contribution in [1.82, 2.24) is 0 Å². The highest BCUT2D eigenvalue weighted by Gasteiger charge is 2.54. The SMILES string of the molecule is COC(=O)c1ccc2c(c1)NC(=O)C1(CC1)CS2(=O)=O. The Morgan fingerprint density at radius 3 is 2.65 bits per heavy atom. The first kappa shape index (κ1) is 13.1. The van der Waals surface area contributed by atoms with Crippen molar-refractivity contribution in [2.45, 2.75) is 17.7 Å². The first-order valence-electron chi connectivity index (χ1n) is 6.15. The average molecular weight is 295 g/mol. The van der Waals surface area contributed by atoms with Crippen molar-refractivity contribution in [1.29, 1.82) is 0 Å². The Kier molecular flexibility index (Phi) is 2.66. The average Bonchev–Trinajstić information content (AvgIpc) is 3.17. The van der Waals surface area contributed by atoms with Gasteiger partial charge in [-0.05, 0) is 31.0 Å². The third-order valence-electron chi connectivity index (χ3n) is 3.79. The number of amides is 1. The molecular weight excluding hydrogens is 282 g/mol. The van der Waals surface area contributed by atoms with Gasteiger partial charge in [0.1, 0.15) is 0 Å². The van der Waals surface area contributed by atoms with Crippen LogP contribution in [-0.4, -0.2) is 33.2 Å². The Morgan fingerprint density at radius 2 is 2.05 bits per heavy atom. The number of rotatable bonds is 1. The van der Waals surface area contributed by atoms with E-state index in [4.69, 9.17) is 0 Å². The second kappa shape index (κ2) is 4.05. The second-order valence-electron chi connectivity index (χ2n) is 5.20. The molecule has 7 heteroatoms. The Hall–Kier alpha value is -1.89. The van der Waals surface area contributed by atoms with Crippen LogP contribution in [0, 0.1) is 5.41 Å². The number of sulfone groups is 1. The number of ether oxygens (including phenoxy) is 1. The number of hydrogen-bond donors (Lipinski definition) is 1. The highest BCUT2D eigenvalue weighted by Crippen LogP contribution is 2.50. The van der Waals surface area contributed by atoms with Crippen LogP contribution in [0.25, 0.3) is 0 Å². The number of carbonyl (C=O) groups excluding carboxylic acids is 2. The smallest absolute Gasteiger partial charge is 0.337 e. The number of fused-ring (bicyclic) bond motifs is 1. The van der Waals surface area contributed by atoms with Crippen molar-refractivity contribution in [2.75, 3.05) is 18.2 Å². The summed E-state index contributed by atoms with van der Waals surface area (Å²) in [6.45, 7) is 0. The molecule has 0 bridgehead atoms. The summed E-state index contributed by atoms with van der Waals surface area (Å²) < 4.78 is 29.3. The lowest BCUT2D eigenvalue weighted by Crippen LogP contribution is -2.27. The van der Waals surface area contributed by atoms with Gasteiger partial charge in [0, 0.05) is 0 Å². The molecule has 1 heterocycles. The summed E-state index contributed by atoms with van der Waals surface area (Å²) in [5.74, 6) is -1.04. The number of esters is 1. The molecule has 3 rings (SSSR count). The van der Waals surface area contributed by atoms with E-state index in [1.165, 1.54) is 25.3 Å². The first-order valence-corrected chi connectivity index (χ1v) is 7.80. The Balaban J connectivity index is 2.13. The van der Waals surface area contributed by atoms with Crippen LogP contribution in [0.5, 0.6) is 0 Å². The maximum absolute atomic E-state index is 12.3. The molecule has 1 amide bonds. The van der Waals surface area contributed by atoms with Crippen molar-refractivity contribution in [3.63, 3.8) is 0 Å². The van der Waals surface area contributed by atoms with Crippen molar-refractivity contribution in [3.8, 4) is 0 Å². The highest BCUT2D eigenvalue weighted by atomic mass is 32.2. The topological polar surface area (TPSA) is 89.5 Å². The number of nitrogens with one attached hydrogen (secondary N) is 1. The monoisotopic (exact) mass is 295 g/mol. The molecule has 0 radical (unpaired) electrons. The zero-order valence-corrected chi connectivity index (χ0v) is 11.6. The summed E-state index contributed by atoms with van der Waals surface area (Å²) >= 11 is 0. The van der Waals surface area contributed by atoms with Gasteiger partial charge in [0.05, 0.1) is 34.4 Å². The number of benzene rings is 1. The molecule has 20 heavy (non-hydrogen) atoms. The van der Waals surface area contributed by atoms with Gasteiger partial charge in [-0.15, -0.1) is 0 Å². The molecule has 1 saturated carbocycles. The van der Waals surface area contributed by atoms with Gasteiger partial charge in [0.2, 0.25) is 5.91 Å². The lowest BCUT2D eigenvalue weighted by atomic mass is 10.1. The number of carbonyl (C=O) groups is 2. The zero-order valence-electron chi connectivity index (χ0n) is 10.8. The van der Waals surface area contributed by atoms with Gasteiger partial charge < -0.3 is 10.1 Å². The predicted octanol–water partition coefficient (Wildman–Crippen LogP) is 0.979. The lowest BCUT2D eigenvalue weighted by molar-refractivity contribution is -0.120. The summed E-state index contributed by atoms with van der Waals surface area (Å²) in [6.07, 6.45) is 1.16. The second-order valence-corrected chi connectivity index (χ2v) is 7.15. The van der Waals surface area contributed by atoms with Crippen LogP contribution in [0.1, 0.15) is 23.2 Å². The minimum Gasteiger partial charge on any atom is -0.465 e. The molecule has 2 aliphatic rings. The number of anilines is 1. The van der Waals surface area contributed by atoms with Gasteiger partial charge in [0.15, 0.2) is 9.84 Å². The molecule has 0 unspecified atom stereocenters. The predicted molar refractivity (Wildman–Crippen MR) is 70.1 cm³/mol. The van der Waals surface area contributed by atoms with E-state index < -0.39 is 21.2 Å². The molecule has 1 N–H and O–H groups in total. The van der Waals surface area contributed by atoms with Gasteiger partial charge in [-0.3, -0.25) is 4.79 Å². The van der Waals surface area contributed by atoms with E-state index >= 15 is 0 Å². The van der Waals surface area contributed by atoms with Gasteiger partial charge in [-0.25, -0.2) is 13.2 Å². The maximum atomic E-state index is 12.3. The summed E-state index contributed by atoms with van der Waals surface area (Å²) in [4.78, 5) is 23.6. The van der Waals surface area contributed by atoms with Crippen LogP contribution < -0.4 is 5.32 Å². The molecule has 0 aromatic heterocycles. The van der Waals surface area contributed by atoms with Gasteiger partial charge in [-0.1, -0.05) is 0 Å². The van der Waals surface area contributed by atoms with Crippen LogP contribution >= 0.6 is 0 Å². The Labute approximate surface area is 116 Å². The fourth-order valence-corrected chi connectivity index (χ4v) is 4.45. The van der Waals surface area contributed by atoms with E-state index in [9.17, 15) is 18.0 Å². The molecule has 6 nitrogen and oxygen atoms in total. The summed E-state index contributed by atoms with van der Waals surface area (Å²) in [5, 5.41) is 2.62. The zero-order chi connectivity index (χ0) is 14.5. The third-order valence-corrected chi connectivity index (χ3v) is 5.74. The van der Waals surface area contributed by atoms with E-state index in [1.54, 1.807) is 0 Å². The Bertz CT molecular complexity index is 718. The van der Waals surface area contributed by atoms with Crippen LogP contribution in [-0.2, 0) is 19.4 Å². The minimum atomic E-state index is -3.54. The minimum absolute atomic E-state index is 0.0577. The molecule has 1 aromatic rings. The largest absolute Gasteiger partial charge is 0.465 e. The van der Waals surface area contributed by atoms with E-state index in [0.717, 1.165) is 0 Å². The highest BCUT2D eigenvalue weighted by molar-refractivity contribution is 7.91. The number of methoxy groups -OCH3 is 1. The molecule has 1 aliphatic heterocycles. The van der Waals surface area contributed by atoms with Crippen LogP contribution in [0.2, 0.25) is 0 Å². The van der Waals surface area contributed by atoms with E-state index in [-0.39, 0.29) is 27.8 Å². The maximum Gasteiger partial charge on any atom is 0.337 e. The van der Waals surface area contributed by atoms with Crippen molar-refractivity contribution in [3.05, 3.63) is 23.8 Å². The van der Waals surface area contributed by atoms with E-state index in [0.29, 0.717) is 12.8 Å². The fraction of sp³-hybridized carbons (Fsp3) is 0.385. The molecule has 106 valence electrons. The van der Waals surface area contributed by atoms with Crippen molar-refractivity contribution < 1.29 is 22.7 Å². The van der Waals surface area contributed by atoms with Gasteiger partial charge in [0.25, 0.3) is 0 Å². The molecule has 1 spiro atoms. The number of hydrogen-bond acceptors (Lipinski definition) is 5. The molecule has 0 saturated heterocycles. The van der Waals surface area contributed by atoms with Crippen LogP contribution in [0.4, 0.5) is 5.69 Å². The first-order chi connectivity index (χ1) is 9.38. The molecule has 1 fully saturated rings. The summed E-state index contributed by atoms with van der Waals surface area (Å²) in [7, 11) is -2.30. The van der Waals surface area contributed by atoms with Gasteiger partial charge >= 0.3 is 5.97 Å².